The van der Waals surface area contributed by atoms with Crippen LogP contribution in [-0.4, -0.2) is 37.0 Å². The highest BCUT2D eigenvalue weighted by Crippen LogP contribution is 2.30. The van der Waals surface area contributed by atoms with Gasteiger partial charge in [-0.1, -0.05) is 56.3 Å². The topological polar surface area (TPSA) is 72.9 Å². The zero-order valence-electron chi connectivity index (χ0n) is 18.2. The van der Waals surface area contributed by atoms with Gasteiger partial charge >= 0.3 is 0 Å². The molecule has 0 aliphatic heterocycles. The van der Waals surface area contributed by atoms with Gasteiger partial charge in [0, 0.05) is 19.4 Å². The first kappa shape index (κ1) is 21.6. The van der Waals surface area contributed by atoms with E-state index in [-0.39, 0.29) is 12.2 Å². The third-order valence-corrected chi connectivity index (χ3v) is 6.48. The van der Waals surface area contributed by atoms with Crippen molar-refractivity contribution >= 4 is 33.4 Å². The minimum absolute atomic E-state index is 0.126. The highest BCUT2D eigenvalue weighted by molar-refractivity contribution is 7.99. The fraction of sp³-hybridized carbons (Fsp3) is 0.375. The summed E-state index contributed by atoms with van der Waals surface area (Å²) in [7, 11) is 1.70. The van der Waals surface area contributed by atoms with Crippen LogP contribution in [0, 0.1) is 5.92 Å². The number of thioether (sulfide) groups is 1. The molecule has 0 fully saturated rings. The summed E-state index contributed by atoms with van der Waals surface area (Å²) in [5.41, 5.74) is 2.58. The second-order valence-electron chi connectivity index (χ2n) is 8.22. The van der Waals surface area contributed by atoms with Crippen molar-refractivity contribution < 1.29 is 5.11 Å². The van der Waals surface area contributed by atoms with Crippen molar-refractivity contribution in [1.29, 1.82) is 0 Å². The minimum Gasteiger partial charge on any atom is -0.396 e. The molecule has 1 N–H and O–H groups in total. The van der Waals surface area contributed by atoms with E-state index >= 15 is 0 Å². The smallest absolute Gasteiger partial charge is 0.278 e. The minimum atomic E-state index is -0.127. The quantitative estimate of drug-likeness (QED) is 0.334. The highest BCUT2D eigenvalue weighted by Gasteiger charge is 2.21. The molecule has 31 heavy (non-hydrogen) atoms. The second-order valence-corrected chi connectivity index (χ2v) is 9.31. The Morgan fingerprint density at radius 3 is 2.65 bits per heavy atom. The SMILES string of the molecule is CC(C)Cc1nn(C)c(=O)c2c(SCCCO)n(Cc3cccc4ccccc34)nc12. The van der Waals surface area contributed by atoms with E-state index in [1.807, 2.05) is 16.8 Å². The fourth-order valence-electron chi connectivity index (χ4n) is 3.88. The van der Waals surface area contributed by atoms with Gasteiger partial charge in [0.2, 0.25) is 0 Å². The summed E-state index contributed by atoms with van der Waals surface area (Å²) in [6, 6.07) is 14.6. The van der Waals surface area contributed by atoms with Crippen LogP contribution >= 0.6 is 11.8 Å². The first-order chi connectivity index (χ1) is 15.0. The third-order valence-electron chi connectivity index (χ3n) is 5.30. The van der Waals surface area contributed by atoms with Crippen LogP contribution in [-0.2, 0) is 20.0 Å². The van der Waals surface area contributed by atoms with Crippen molar-refractivity contribution in [2.45, 2.75) is 38.3 Å². The van der Waals surface area contributed by atoms with Crippen LogP contribution in [0.3, 0.4) is 0 Å². The number of benzene rings is 2. The average molecular weight is 437 g/mol. The molecule has 0 aliphatic rings. The summed E-state index contributed by atoms with van der Waals surface area (Å²) in [4.78, 5) is 13.1. The number of aliphatic hydroxyl groups excluding tert-OH is 1. The van der Waals surface area contributed by atoms with Gasteiger partial charge in [-0.05, 0) is 35.1 Å². The molecule has 0 saturated carbocycles. The van der Waals surface area contributed by atoms with Crippen LogP contribution in [0.1, 0.15) is 31.5 Å². The Morgan fingerprint density at radius 2 is 1.87 bits per heavy atom. The van der Waals surface area contributed by atoms with Gasteiger partial charge in [0.15, 0.2) is 0 Å². The van der Waals surface area contributed by atoms with E-state index in [1.165, 1.54) is 15.5 Å². The fourth-order valence-corrected chi connectivity index (χ4v) is 4.93. The van der Waals surface area contributed by atoms with Gasteiger partial charge in [0.1, 0.15) is 15.9 Å². The Labute approximate surface area is 185 Å². The normalized spacial score (nSPS) is 11.8. The summed E-state index contributed by atoms with van der Waals surface area (Å²) in [5, 5.41) is 22.6. The summed E-state index contributed by atoms with van der Waals surface area (Å²) in [6.07, 6.45) is 1.42. The molecule has 0 saturated heterocycles. The molecule has 4 aromatic rings. The van der Waals surface area contributed by atoms with E-state index in [9.17, 15) is 9.90 Å². The summed E-state index contributed by atoms with van der Waals surface area (Å²) in [5.74, 6) is 1.12. The molecule has 6 nitrogen and oxygen atoms in total. The molecule has 0 amide bonds. The van der Waals surface area contributed by atoms with Gasteiger partial charge in [-0.25, -0.2) is 4.68 Å². The number of aryl methyl sites for hydroxylation is 1. The molecule has 2 aromatic heterocycles. The number of hydrogen-bond acceptors (Lipinski definition) is 5. The molecule has 0 bridgehead atoms. The van der Waals surface area contributed by atoms with E-state index < -0.39 is 0 Å². The second kappa shape index (κ2) is 9.24. The summed E-state index contributed by atoms with van der Waals surface area (Å²) < 4.78 is 3.38. The van der Waals surface area contributed by atoms with E-state index in [1.54, 1.807) is 18.8 Å². The predicted octanol–water partition coefficient (Wildman–Crippen LogP) is 4.00. The van der Waals surface area contributed by atoms with Crippen molar-refractivity contribution in [2.75, 3.05) is 12.4 Å². The van der Waals surface area contributed by atoms with Gasteiger partial charge in [-0.2, -0.15) is 10.2 Å². The molecule has 2 heterocycles. The van der Waals surface area contributed by atoms with Crippen LogP contribution in [0.25, 0.3) is 21.7 Å². The number of hydrogen-bond donors (Lipinski definition) is 1. The first-order valence-corrected chi connectivity index (χ1v) is 11.6. The number of aromatic nitrogens is 4. The molecule has 0 spiro atoms. The van der Waals surface area contributed by atoms with E-state index in [0.29, 0.717) is 29.8 Å². The van der Waals surface area contributed by atoms with Gasteiger partial charge < -0.3 is 5.11 Å². The standard InChI is InChI=1S/C24H28N4O2S/c1-16(2)14-20-22-21(23(30)27(3)25-20)24(31-13-7-12-29)28(26-22)15-18-10-6-9-17-8-4-5-11-19(17)18/h4-6,8-11,16,29H,7,12-15H2,1-3H3. The lowest BCUT2D eigenvalue weighted by Gasteiger charge is -2.10. The Bertz CT molecular complexity index is 1270. The van der Waals surface area contributed by atoms with E-state index in [2.05, 4.69) is 49.3 Å². The molecule has 162 valence electrons. The van der Waals surface area contributed by atoms with Crippen molar-refractivity contribution in [3.05, 3.63) is 64.1 Å². The van der Waals surface area contributed by atoms with Gasteiger partial charge in [0.05, 0.1) is 12.2 Å². The summed E-state index contributed by atoms with van der Waals surface area (Å²) >= 11 is 1.58. The molecular weight excluding hydrogens is 408 g/mol. The number of fused-ring (bicyclic) bond motifs is 2. The zero-order chi connectivity index (χ0) is 22.0. The zero-order valence-corrected chi connectivity index (χ0v) is 19.0. The van der Waals surface area contributed by atoms with Crippen LogP contribution in [0.2, 0.25) is 0 Å². The lowest BCUT2D eigenvalue weighted by atomic mass is 10.0. The maximum absolute atomic E-state index is 13.1. The Hall–Kier alpha value is -2.64. The number of aliphatic hydroxyl groups is 1. The lowest BCUT2D eigenvalue weighted by molar-refractivity contribution is 0.296. The van der Waals surface area contributed by atoms with E-state index in [4.69, 9.17) is 5.10 Å². The van der Waals surface area contributed by atoms with Gasteiger partial charge in [-0.15, -0.1) is 11.8 Å². The molecule has 2 aromatic carbocycles. The molecule has 0 unspecified atom stereocenters. The maximum atomic E-state index is 13.1. The monoisotopic (exact) mass is 436 g/mol. The molecule has 7 heteroatoms. The number of nitrogens with zero attached hydrogens (tertiary/aromatic N) is 4. The molecule has 0 radical (unpaired) electrons. The molecule has 4 rings (SSSR count). The Balaban J connectivity index is 1.89. The van der Waals surface area contributed by atoms with Gasteiger partial charge in [0.25, 0.3) is 5.56 Å². The average Bonchev–Trinajstić information content (AvgIpc) is 3.11. The van der Waals surface area contributed by atoms with Crippen molar-refractivity contribution in [1.82, 2.24) is 19.6 Å². The summed E-state index contributed by atoms with van der Waals surface area (Å²) in [6.45, 7) is 4.98. The van der Waals surface area contributed by atoms with Crippen molar-refractivity contribution in [2.24, 2.45) is 13.0 Å². The predicted molar refractivity (Wildman–Crippen MR) is 127 cm³/mol. The first-order valence-electron chi connectivity index (χ1n) is 10.7. The van der Waals surface area contributed by atoms with Crippen molar-refractivity contribution in [3.8, 4) is 0 Å². The van der Waals surface area contributed by atoms with Crippen LogP contribution < -0.4 is 5.56 Å². The van der Waals surface area contributed by atoms with Crippen LogP contribution in [0.5, 0.6) is 0 Å². The number of rotatable bonds is 8. The van der Waals surface area contributed by atoms with Crippen molar-refractivity contribution in [3.63, 3.8) is 0 Å². The third kappa shape index (κ3) is 4.38. The highest BCUT2D eigenvalue weighted by atomic mass is 32.2. The van der Waals surface area contributed by atoms with Gasteiger partial charge in [-0.3, -0.25) is 9.48 Å². The Kier molecular flexibility index (Phi) is 6.43. The molecular formula is C24H28N4O2S. The maximum Gasteiger partial charge on any atom is 0.278 e. The van der Waals surface area contributed by atoms with Crippen LogP contribution in [0.4, 0.5) is 0 Å². The molecule has 0 atom stereocenters. The van der Waals surface area contributed by atoms with Crippen LogP contribution in [0.15, 0.2) is 52.3 Å². The lowest BCUT2D eigenvalue weighted by Crippen LogP contribution is -2.22. The van der Waals surface area contributed by atoms with E-state index in [0.717, 1.165) is 28.5 Å². The molecule has 0 aliphatic carbocycles. The Morgan fingerprint density at radius 1 is 1.10 bits per heavy atom. The largest absolute Gasteiger partial charge is 0.396 e.